The number of benzene rings is 1. The smallest absolute Gasteiger partial charge is 0.311 e. The third kappa shape index (κ3) is 4.00. The lowest BCUT2D eigenvalue weighted by atomic mass is 9.87. The van der Waals surface area contributed by atoms with Crippen LogP contribution < -0.4 is 5.32 Å². The van der Waals surface area contributed by atoms with Gasteiger partial charge in [0.15, 0.2) is 0 Å². The lowest BCUT2D eigenvalue weighted by molar-refractivity contribution is -0.136. The second-order valence-corrected chi connectivity index (χ2v) is 6.57. The molecule has 0 spiro atoms. The lowest BCUT2D eigenvalue weighted by Crippen LogP contribution is -2.16. The molecular weight excluding hydrogens is 294 g/mol. The first kappa shape index (κ1) is 16.8. The second-order valence-electron chi connectivity index (χ2n) is 6.57. The van der Waals surface area contributed by atoms with Gasteiger partial charge in [-0.15, -0.1) is 0 Å². The number of rotatable bonds is 4. The van der Waals surface area contributed by atoms with Gasteiger partial charge in [0.1, 0.15) is 12.2 Å². The molecule has 5 nitrogen and oxygen atoms in total. The van der Waals surface area contributed by atoms with Crippen molar-refractivity contribution >= 4 is 17.6 Å². The van der Waals surface area contributed by atoms with Crippen molar-refractivity contribution < 1.29 is 19.1 Å². The molecule has 1 heterocycles. The normalized spacial score (nSPS) is 11.3. The minimum Gasteiger partial charge on any atom is -0.481 e. The van der Waals surface area contributed by atoms with Gasteiger partial charge in [-0.05, 0) is 30.0 Å². The Labute approximate surface area is 135 Å². The zero-order valence-corrected chi connectivity index (χ0v) is 13.8. The fraction of sp³-hybridized carbons (Fsp3) is 0.333. The van der Waals surface area contributed by atoms with Crippen LogP contribution in [-0.4, -0.2) is 17.0 Å². The van der Waals surface area contributed by atoms with Crippen LogP contribution in [0.3, 0.4) is 0 Å². The number of aryl methyl sites for hydroxylation is 1. The number of anilines is 1. The Morgan fingerprint density at radius 1 is 1.17 bits per heavy atom. The fourth-order valence-electron chi connectivity index (χ4n) is 2.32. The molecule has 0 bridgehead atoms. The fourth-order valence-corrected chi connectivity index (χ4v) is 2.32. The molecule has 1 aromatic heterocycles. The molecule has 0 fully saturated rings. The van der Waals surface area contributed by atoms with Crippen LogP contribution in [0.15, 0.2) is 34.9 Å². The number of nitrogens with one attached hydrogen (secondary N) is 1. The van der Waals surface area contributed by atoms with Crippen LogP contribution in [-0.2, 0) is 16.6 Å². The summed E-state index contributed by atoms with van der Waals surface area (Å²) in [6.07, 6.45) is 1.08. The van der Waals surface area contributed by atoms with E-state index in [1.807, 2.05) is 24.3 Å². The molecule has 0 aliphatic rings. The van der Waals surface area contributed by atoms with Crippen LogP contribution in [0.1, 0.15) is 48.0 Å². The van der Waals surface area contributed by atoms with Crippen LogP contribution in [0.25, 0.3) is 0 Å². The van der Waals surface area contributed by atoms with Crippen LogP contribution in [0.2, 0.25) is 0 Å². The zero-order chi connectivity index (χ0) is 17.2. The maximum absolute atomic E-state index is 12.4. The minimum absolute atomic E-state index is 0.0400. The van der Waals surface area contributed by atoms with Gasteiger partial charge >= 0.3 is 5.97 Å². The van der Waals surface area contributed by atoms with Crippen molar-refractivity contribution in [2.24, 2.45) is 0 Å². The number of carbonyl (C=O) groups is 2. The van der Waals surface area contributed by atoms with E-state index in [9.17, 15) is 9.59 Å². The highest BCUT2D eigenvalue weighted by Gasteiger charge is 2.21. The van der Waals surface area contributed by atoms with Crippen molar-refractivity contribution in [3.8, 4) is 0 Å². The molecule has 0 atom stereocenters. The Morgan fingerprint density at radius 2 is 1.78 bits per heavy atom. The van der Waals surface area contributed by atoms with Crippen LogP contribution in [0.4, 0.5) is 5.69 Å². The van der Waals surface area contributed by atoms with Crippen molar-refractivity contribution in [1.82, 2.24) is 0 Å². The number of hydrogen-bond acceptors (Lipinski definition) is 3. The largest absolute Gasteiger partial charge is 0.481 e. The molecule has 0 aliphatic carbocycles. The summed E-state index contributed by atoms with van der Waals surface area (Å²) in [5.74, 6) is -1.24. The molecule has 122 valence electrons. The zero-order valence-electron chi connectivity index (χ0n) is 13.8. The highest BCUT2D eigenvalue weighted by Crippen LogP contribution is 2.24. The summed E-state index contributed by atoms with van der Waals surface area (Å²) in [5, 5.41) is 11.7. The van der Waals surface area contributed by atoms with E-state index in [1.54, 1.807) is 6.92 Å². The summed E-state index contributed by atoms with van der Waals surface area (Å²) in [7, 11) is 0. The molecule has 23 heavy (non-hydrogen) atoms. The molecule has 0 saturated heterocycles. The Hall–Kier alpha value is -2.56. The molecular formula is C18H21NO4. The van der Waals surface area contributed by atoms with Gasteiger partial charge < -0.3 is 14.8 Å². The number of carboxylic acids is 1. The summed E-state index contributed by atoms with van der Waals surface area (Å²) in [6, 6.07) is 7.61. The quantitative estimate of drug-likeness (QED) is 0.900. The number of furan rings is 1. The summed E-state index contributed by atoms with van der Waals surface area (Å²) < 4.78 is 5.19. The molecule has 0 aliphatic heterocycles. The Kier molecular flexibility index (Phi) is 4.59. The van der Waals surface area contributed by atoms with E-state index in [0.717, 1.165) is 0 Å². The summed E-state index contributed by atoms with van der Waals surface area (Å²) in [6.45, 7) is 8.07. The van der Waals surface area contributed by atoms with Crippen molar-refractivity contribution in [3.05, 3.63) is 53.0 Å². The summed E-state index contributed by atoms with van der Waals surface area (Å²) >= 11 is 0. The highest BCUT2D eigenvalue weighted by molar-refractivity contribution is 6.06. The third-order valence-corrected chi connectivity index (χ3v) is 3.60. The number of carbonyl (C=O) groups excluding carboxylic acids is 1. The SMILES string of the molecule is Cc1coc(CC(=O)O)c1C(=O)Nc1ccc(C(C)(C)C)cc1. The van der Waals surface area contributed by atoms with Gasteiger partial charge in [0.25, 0.3) is 5.91 Å². The number of hydrogen-bond donors (Lipinski definition) is 2. The maximum atomic E-state index is 12.4. The monoisotopic (exact) mass is 315 g/mol. The Bertz CT molecular complexity index is 720. The standard InChI is InChI=1S/C18H21NO4/c1-11-10-23-14(9-15(20)21)16(11)17(22)19-13-7-5-12(6-8-13)18(2,3)4/h5-8,10H,9H2,1-4H3,(H,19,22)(H,20,21). The molecule has 0 unspecified atom stereocenters. The highest BCUT2D eigenvalue weighted by atomic mass is 16.4. The summed E-state index contributed by atoms with van der Waals surface area (Å²) in [5.41, 5.74) is 2.77. The van der Waals surface area contributed by atoms with Crippen LogP contribution in [0, 0.1) is 6.92 Å². The molecule has 5 heteroatoms. The molecule has 2 N–H and O–H groups in total. The first-order valence-corrected chi connectivity index (χ1v) is 7.39. The second kappa shape index (κ2) is 6.28. The van der Waals surface area contributed by atoms with E-state index in [0.29, 0.717) is 11.3 Å². The van der Waals surface area contributed by atoms with E-state index in [2.05, 4.69) is 26.1 Å². The number of amides is 1. The van der Waals surface area contributed by atoms with Crippen molar-refractivity contribution in [1.29, 1.82) is 0 Å². The van der Waals surface area contributed by atoms with Gasteiger partial charge in [-0.2, -0.15) is 0 Å². The minimum atomic E-state index is -1.04. The first-order valence-electron chi connectivity index (χ1n) is 7.39. The average molecular weight is 315 g/mol. The molecule has 1 aromatic carbocycles. The predicted octanol–water partition coefficient (Wildman–Crippen LogP) is 3.76. The van der Waals surface area contributed by atoms with Gasteiger partial charge in [0.2, 0.25) is 0 Å². The van der Waals surface area contributed by atoms with Gasteiger partial charge in [0.05, 0.1) is 11.8 Å². The third-order valence-electron chi connectivity index (χ3n) is 3.60. The topological polar surface area (TPSA) is 79.5 Å². The van der Waals surface area contributed by atoms with E-state index in [-0.39, 0.29) is 29.1 Å². The average Bonchev–Trinajstić information content (AvgIpc) is 2.78. The first-order chi connectivity index (χ1) is 10.7. The van der Waals surface area contributed by atoms with E-state index < -0.39 is 5.97 Å². The van der Waals surface area contributed by atoms with E-state index in [4.69, 9.17) is 9.52 Å². The van der Waals surface area contributed by atoms with Gasteiger partial charge in [0, 0.05) is 11.3 Å². The van der Waals surface area contributed by atoms with E-state index in [1.165, 1.54) is 11.8 Å². The Morgan fingerprint density at radius 3 is 2.30 bits per heavy atom. The molecule has 1 amide bonds. The maximum Gasteiger partial charge on any atom is 0.311 e. The van der Waals surface area contributed by atoms with Crippen molar-refractivity contribution in [3.63, 3.8) is 0 Å². The van der Waals surface area contributed by atoms with Gasteiger partial charge in [-0.3, -0.25) is 9.59 Å². The number of carboxylic acid groups (broad SMARTS) is 1. The van der Waals surface area contributed by atoms with E-state index >= 15 is 0 Å². The van der Waals surface area contributed by atoms with Gasteiger partial charge in [-0.1, -0.05) is 32.9 Å². The van der Waals surface area contributed by atoms with Crippen LogP contribution in [0.5, 0.6) is 0 Å². The van der Waals surface area contributed by atoms with Crippen molar-refractivity contribution in [2.75, 3.05) is 5.32 Å². The lowest BCUT2D eigenvalue weighted by Gasteiger charge is -2.19. The predicted molar refractivity (Wildman–Crippen MR) is 87.9 cm³/mol. The molecule has 2 rings (SSSR count). The Balaban J connectivity index is 2.19. The summed E-state index contributed by atoms with van der Waals surface area (Å²) in [4.78, 5) is 23.3. The molecule has 2 aromatic rings. The molecule has 0 radical (unpaired) electrons. The van der Waals surface area contributed by atoms with Crippen LogP contribution >= 0.6 is 0 Å². The molecule has 0 saturated carbocycles. The van der Waals surface area contributed by atoms with Crippen molar-refractivity contribution in [2.45, 2.75) is 39.5 Å². The number of aliphatic carboxylic acids is 1. The van der Waals surface area contributed by atoms with Gasteiger partial charge in [-0.25, -0.2) is 0 Å².